The van der Waals surface area contributed by atoms with E-state index in [0.717, 1.165) is 11.5 Å². The maximum absolute atomic E-state index is 8.99. The first-order valence-corrected chi connectivity index (χ1v) is 4.81. The SMILES string of the molecule is CCOCSc1ccc(O)cc1. The van der Waals surface area contributed by atoms with Crippen molar-refractivity contribution in [1.82, 2.24) is 0 Å². The van der Waals surface area contributed by atoms with E-state index >= 15 is 0 Å². The molecule has 0 saturated heterocycles. The number of ether oxygens (including phenoxy) is 1. The molecule has 3 heteroatoms. The van der Waals surface area contributed by atoms with Gasteiger partial charge in [-0.1, -0.05) is 11.8 Å². The van der Waals surface area contributed by atoms with Crippen LogP contribution in [0.5, 0.6) is 5.75 Å². The molecule has 0 radical (unpaired) electrons. The normalized spacial score (nSPS) is 10.1. The molecule has 0 fully saturated rings. The molecule has 1 aromatic carbocycles. The predicted octanol–water partition coefficient (Wildman–Crippen LogP) is 2.48. The fourth-order valence-electron chi connectivity index (χ4n) is 0.735. The van der Waals surface area contributed by atoms with Gasteiger partial charge >= 0.3 is 0 Å². The van der Waals surface area contributed by atoms with Crippen molar-refractivity contribution >= 4 is 11.8 Å². The van der Waals surface area contributed by atoms with E-state index in [4.69, 9.17) is 9.84 Å². The van der Waals surface area contributed by atoms with E-state index in [1.807, 2.05) is 19.1 Å². The van der Waals surface area contributed by atoms with Gasteiger partial charge < -0.3 is 9.84 Å². The summed E-state index contributed by atoms with van der Waals surface area (Å²) in [6, 6.07) is 7.10. The molecule has 1 rings (SSSR count). The first-order valence-electron chi connectivity index (χ1n) is 3.82. The Morgan fingerprint density at radius 2 is 2.00 bits per heavy atom. The predicted molar refractivity (Wildman–Crippen MR) is 50.5 cm³/mol. The Bertz CT molecular complexity index is 220. The molecule has 1 aromatic rings. The van der Waals surface area contributed by atoms with Crippen molar-refractivity contribution in [2.45, 2.75) is 11.8 Å². The van der Waals surface area contributed by atoms with Gasteiger partial charge in [0.15, 0.2) is 0 Å². The Morgan fingerprint density at radius 3 is 2.58 bits per heavy atom. The van der Waals surface area contributed by atoms with Crippen LogP contribution in [-0.2, 0) is 4.74 Å². The van der Waals surface area contributed by atoms with Gasteiger partial charge in [-0.3, -0.25) is 0 Å². The number of thioether (sulfide) groups is 1. The van der Waals surface area contributed by atoms with Crippen LogP contribution in [0, 0.1) is 0 Å². The lowest BCUT2D eigenvalue weighted by Gasteiger charge is -2.00. The van der Waals surface area contributed by atoms with Crippen LogP contribution in [0.25, 0.3) is 0 Å². The topological polar surface area (TPSA) is 29.5 Å². The average Bonchev–Trinajstić information content (AvgIpc) is 2.09. The minimum Gasteiger partial charge on any atom is -0.508 e. The van der Waals surface area contributed by atoms with E-state index in [1.165, 1.54) is 0 Å². The third-order valence-electron chi connectivity index (χ3n) is 1.35. The Labute approximate surface area is 76.6 Å². The smallest absolute Gasteiger partial charge is 0.115 e. The molecule has 0 saturated carbocycles. The summed E-state index contributed by atoms with van der Waals surface area (Å²) in [5, 5.41) is 8.99. The van der Waals surface area contributed by atoms with Crippen LogP contribution in [0.4, 0.5) is 0 Å². The number of rotatable bonds is 4. The summed E-state index contributed by atoms with van der Waals surface area (Å²) < 4.78 is 5.17. The van der Waals surface area contributed by atoms with E-state index in [1.54, 1.807) is 23.9 Å². The lowest BCUT2D eigenvalue weighted by atomic mass is 10.3. The van der Waals surface area contributed by atoms with Gasteiger partial charge in [-0.2, -0.15) is 0 Å². The second-order valence-corrected chi connectivity index (χ2v) is 3.24. The van der Waals surface area contributed by atoms with Crippen LogP contribution in [0.15, 0.2) is 29.2 Å². The zero-order chi connectivity index (χ0) is 8.81. The van der Waals surface area contributed by atoms with Crippen LogP contribution in [-0.4, -0.2) is 17.7 Å². The van der Waals surface area contributed by atoms with Crippen molar-refractivity contribution in [3.05, 3.63) is 24.3 Å². The maximum atomic E-state index is 8.99. The number of phenolic OH excluding ortho intramolecular Hbond substituents is 1. The van der Waals surface area contributed by atoms with E-state index in [0.29, 0.717) is 11.7 Å². The van der Waals surface area contributed by atoms with E-state index < -0.39 is 0 Å². The molecule has 12 heavy (non-hydrogen) atoms. The molecule has 0 atom stereocenters. The Morgan fingerprint density at radius 1 is 1.33 bits per heavy atom. The highest BCUT2D eigenvalue weighted by atomic mass is 32.2. The third-order valence-corrected chi connectivity index (χ3v) is 2.24. The Kier molecular flexibility index (Phi) is 3.97. The van der Waals surface area contributed by atoms with E-state index in [9.17, 15) is 0 Å². The largest absolute Gasteiger partial charge is 0.508 e. The van der Waals surface area contributed by atoms with Gasteiger partial charge in [0.05, 0.1) is 5.94 Å². The van der Waals surface area contributed by atoms with Crippen LogP contribution in [0.3, 0.4) is 0 Å². The van der Waals surface area contributed by atoms with Crippen LogP contribution in [0.2, 0.25) is 0 Å². The van der Waals surface area contributed by atoms with Crippen LogP contribution in [0.1, 0.15) is 6.92 Å². The van der Waals surface area contributed by atoms with Crippen molar-refractivity contribution in [2.24, 2.45) is 0 Å². The second kappa shape index (κ2) is 5.06. The molecule has 2 nitrogen and oxygen atoms in total. The van der Waals surface area contributed by atoms with Gasteiger partial charge in [-0.15, -0.1) is 0 Å². The van der Waals surface area contributed by atoms with E-state index in [2.05, 4.69) is 0 Å². The summed E-state index contributed by atoms with van der Waals surface area (Å²) in [5.41, 5.74) is 0. The number of phenols is 1. The molecule has 0 aliphatic rings. The summed E-state index contributed by atoms with van der Waals surface area (Å²) in [7, 11) is 0. The minimum absolute atomic E-state index is 0.302. The van der Waals surface area contributed by atoms with E-state index in [-0.39, 0.29) is 0 Å². The summed E-state index contributed by atoms with van der Waals surface area (Å²) in [6.45, 7) is 2.71. The fourth-order valence-corrected chi connectivity index (χ4v) is 1.45. The molecular formula is C9H12O2S. The molecule has 0 bridgehead atoms. The maximum Gasteiger partial charge on any atom is 0.115 e. The summed E-state index contributed by atoms with van der Waals surface area (Å²) in [4.78, 5) is 1.11. The minimum atomic E-state index is 0.302. The highest BCUT2D eigenvalue weighted by Gasteiger charge is 1.92. The molecule has 0 aromatic heterocycles. The third kappa shape index (κ3) is 3.15. The number of hydrogen-bond donors (Lipinski definition) is 1. The lowest BCUT2D eigenvalue weighted by Crippen LogP contribution is -1.87. The van der Waals surface area contributed by atoms with Gasteiger partial charge in [-0.05, 0) is 31.2 Å². The van der Waals surface area contributed by atoms with Crippen molar-refractivity contribution < 1.29 is 9.84 Å². The number of aromatic hydroxyl groups is 1. The monoisotopic (exact) mass is 184 g/mol. The lowest BCUT2D eigenvalue weighted by molar-refractivity contribution is 0.199. The highest BCUT2D eigenvalue weighted by molar-refractivity contribution is 7.99. The molecule has 0 aliphatic heterocycles. The molecule has 0 unspecified atom stereocenters. The zero-order valence-corrected chi connectivity index (χ0v) is 7.80. The average molecular weight is 184 g/mol. The van der Waals surface area contributed by atoms with Crippen LogP contribution < -0.4 is 0 Å². The van der Waals surface area contributed by atoms with Gasteiger partial charge in [0.25, 0.3) is 0 Å². The first-order chi connectivity index (χ1) is 5.83. The second-order valence-electron chi connectivity index (χ2n) is 2.25. The Balaban J connectivity index is 2.37. The standard InChI is InChI=1S/C9H12O2S/c1-2-11-7-12-9-5-3-8(10)4-6-9/h3-6,10H,2,7H2,1H3. The molecule has 66 valence electrons. The summed E-state index contributed by atoms with van der Waals surface area (Å²) in [5.74, 6) is 0.970. The molecular weight excluding hydrogens is 172 g/mol. The van der Waals surface area contributed by atoms with Crippen LogP contribution >= 0.6 is 11.8 Å². The van der Waals surface area contributed by atoms with Gasteiger partial charge in [0.1, 0.15) is 5.75 Å². The van der Waals surface area contributed by atoms with Crippen molar-refractivity contribution in [2.75, 3.05) is 12.5 Å². The molecule has 0 spiro atoms. The van der Waals surface area contributed by atoms with Crippen molar-refractivity contribution in [1.29, 1.82) is 0 Å². The first kappa shape index (κ1) is 9.42. The van der Waals surface area contributed by atoms with Gasteiger partial charge in [-0.25, -0.2) is 0 Å². The number of hydrogen-bond acceptors (Lipinski definition) is 3. The molecule has 1 N–H and O–H groups in total. The summed E-state index contributed by atoms with van der Waals surface area (Å²) >= 11 is 1.62. The van der Waals surface area contributed by atoms with Crippen molar-refractivity contribution in [3.8, 4) is 5.75 Å². The summed E-state index contributed by atoms with van der Waals surface area (Å²) in [6.07, 6.45) is 0. The molecule has 0 aliphatic carbocycles. The molecule has 0 heterocycles. The van der Waals surface area contributed by atoms with Crippen molar-refractivity contribution in [3.63, 3.8) is 0 Å². The quantitative estimate of drug-likeness (QED) is 0.443. The number of benzene rings is 1. The Hall–Kier alpha value is -0.670. The van der Waals surface area contributed by atoms with Gasteiger partial charge in [0.2, 0.25) is 0 Å². The van der Waals surface area contributed by atoms with Gasteiger partial charge in [0, 0.05) is 11.5 Å². The fraction of sp³-hybridized carbons (Fsp3) is 0.333. The highest BCUT2D eigenvalue weighted by Crippen LogP contribution is 2.20. The zero-order valence-electron chi connectivity index (χ0n) is 6.99. The molecule has 0 amide bonds.